The van der Waals surface area contributed by atoms with Crippen LogP contribution in [0.1, 0.15) is 103 Å². The molecule has 0 aliphatic carbocycles. The van der Waals surface area contributed by atoms with Gasteiger partial charge in [0.2, 0.25) is 0 Å². The van der Waals surface area contributed by atoms with Gasteiger partial charge >= 0.3 is 5.97 Å². The zero-order chi connectivity index (χ0) is 18.4. The Bertz CT molecular complexity index is 334. The molecule has 0 saturated carbocycles. The first-order valence-corrected chi connectivity index (χ1v) is 10.4. The van der Waals surface area contributed by atoms with E-state index in [9.17, 15) is 4.79 Å². The maximum absolute atomic E-state index is 10.4. The van der Waals surface area contributed by atoms with Gasteiger partial charge in [-0.15, -0.1) is 0 Å². The van der Waals surface area contributed by atoms with Gasteiger partial charge < -0.3 is 10.2 Å². The molecule has 0 unspecified atom stereocenters. The van der Waals surface area contributed by atoms with Crippen molar-refractivity contribution in [2.24, 2.45) is 0 Å². The highest BCUT2D eigenvalue weighted by Crippen LogP contribution is 2.10. The highest BCUT2D eigenvalue weighted by atomic mass is 16.4. The number of carboxylic acid groups (broad SMARTS) is 1. The molecule has 0 atom stereocenters. The molecule has 0 amide bonds. The van der Waals surface area contributed by atoms with Gasteiger partial charge in [0, 0.05) is 13.0 Å². The molecule has 0 aliphatic heterocycles. The first-order chi connectivity index (χ1) is 12.3. The number of aliphatic hydroxyl groups is 1. The summed E-state index contributed by atoms with van der Waals surface area (Å²) in [7, 11) is 0. The summed E-state index contributed by atoms with van der Waals surface area (Å²) in [6, 6.07) is 0. The van der Waals surface area contributed by atoms with E-state index in [1.165, 1.54) is 64.2 Å². The topological polar surface area (TPSA) is 57.5 Å². The lowest BCUT2D eigenvalue weighted by Crippen LogP contribution is -1.93. The minimum atomic E-state index is -0.670. The van der Waals surface area contributed by atoms with Crippen LogP contribution in [0.2, 0.25) is 0 Å². The molecule has 0 aromatic rings. The third kappa shape index (κ3) is 22.9. The molecule has 0 saturated heterocycles. The fraction of sp³-hybridized carbons (Fsp3) is 0.773. The summed E-state index contributed by atoms with van der Waals surface area (Å²) in [5.74, 6) is -0.670. The number of allylic oxidation sites excluding steroid dienone is 4. The van der Waals surface area contributed by atoms with E-state index in [0.29, 0.717) is 13.0 Å². The number of aliphatic hydroxyl groups excluding tert-OH is 1. The highest BCUT2D eigenvalue weighted by molar-refractivity contribution is 5.66. The van der Waals surface area contributed by atoms with E-state index in [-0.39, 0.29) is 0 Å². The van der Waals surface area contributed by atoms with E-state index in [0.717, 1.165) is 32.1 Å². The lowest BCUT2D eigenvalue weighted by Gasteiger charge is -2.00. The Kier molecular flexibility index (Phi) is 20.0. The van der Waals surface area contributed by atoms with E-state index in [1.54, 1.807) is 0 Å². The fourth-order valence-electron chi connectivity index (χ4n) is 2.83. The second-order valence-corrected chi connectivity index (χ2v) is 6.87. The number of carbonyl (C=O) groups is 1. The van der Waals surface area contributed by atoms with Crippen LogP contribution in [0.4, 0.5) is 0 Å². The summed E-state index contributed by atoms with van der Waals surface area (Å²) in [6.45, 7) is 0.334. The third-order valence-corrected chi connectivity index (χ3v) is 4.40. The molecule has 3 heteroatoms. The lowest BCUT2D eigenvalue weighted by molar-refractivity contribution is -0.137. The number of aliphatic carboxylic acids is 1. The molecule has 0 fully saturated rings. The molecule has 0 aromatic heterocycles. The van der Waals surface area contributed by atoms with Crippen molar-refractivity contribution in [3.05, 3.63) is 24.3 Å². The molecule has 0 radical (unpaired) electrons. The quantitative estimate of drug-likeness (QED) is 0.208. The average Bonchev–Trinajstić information content (AvgIpc) is 2.60. The van der Waals surface area contributed by atoms with Crippen molar-refractivity contribution < 1.29 is 15.0 Å². The fourth-order valence-corrected chi connectivity index (χ4v) is 2.83. The van der Waals surface area contributed by atoms with Gasteiger partial charge in [-0.2, -0.15) is 0 Å². The highest BCUT2D eigenvalue weighted by Gasteiger charge is 1.96. The second kappa shape index (κ2) is 21.0. The zero-order valence-electron chi connectivity index (χ0n) is 16.1. The lowest BCUT2D eigenvalue weighted by atomic mass is 10.1. The SMILES string of the molecule is O=C(O)CCCCCCCCC/C=C/C/C=C/CCCCCCCO. The molecule has 0 spiro atoms. The predicted octanol–water partition coefficient (Wildman–Crippen LogP) is 6.42. The molecular formula is C22H40O3. The standard InChI is InChI=1S/C22H40O3/c23-21-19-17-15-13-11-9-7-5-3-1-2-4-6-8-10-12-14-16-18-20-22(24)25/h1-2,5,7,23H,3-4,6,8-21H2,(H,24,25)/b2-1+,7-5+. The van der Waals surface area contributed by atoms with Gasteiger partial charge in [0.05, 0.1) is 0 Å². The minimum absolute atomic E-state index is 0.323. The van der Waals surface area contributed by atoms with Crippen molar-refractivity contribution in [3.8, 4) is 0 Å². The third-order valence-electron chi connectivity index (χ3n) is 4.40. The van der Waals surface area contributed by atoms with Gasteiger partial charge in [-0.3, -0.25) is 4.79 Å². The number of hydrogen-bond donors (Lipinski definition) is 2. The summed E-state index contributed by atoms with van der Waals surface area (Å²) in [4.78, 5) is 10.4. The summed E-state index contributed by atoms with van der Waals surface area (Å²) in [5.41, 5.74) is 0. The van der Waals surface area contributed by atoms with Crippen molar-refractivity contribution in [2.75, 3.05) is 6.61 Å². The molecule has 25 heavy (non-hydrogen) atoms. The maximum atomic E-state index is 10.4. The summed E-state index contributed by atoms with van der Waals surface area (Å²) >= 11 is 0. The number of rotatable bonds is 19. The van der Waals surface area contributed by atoms with Gasteiger partial charge in [-0.1, -0.05) is 75.7 Å². The van der Waals surface area contributed by atoms with Gasteiger partial charge in [0.15, 0.2) is 0 Å². The predicted molar refractivity (Wildman–Crippen MR) is 107 cm³/mol. The van der Waals surface area contributed by atoms with Crippen molar-refractivity contribution in [1.29, 1.82) is 0 Å². The van der Waals surface area contributed by atoms with Crippen LogP contribution in [-0.4, -0.2) is 22.8 Å². The van der Waals surface area contributed by atoms with Crippen molar-refractivity contribution in [2.45, 2.75) is 103 Å². The Morgan fingerprint density at radius 3 is 1.52 bits per heavy atom. The van der Waals surface area contributed by atoms with E-state index < -0.39 is 5.97 Å². The summed E-state index contributed by atoms with van der Waals surface area (Å²) in [6.07, 6.45) is 26.9. The maximum Gasteiger partial charge on any atom is 0.303 e. The largest absolute Gasteiger partial charge is 0.481 e. The van der Waals surface area contributed by atoms with E-state index >= 15 is 0 Å². The molecule has 3 nitrogen and oxygen atoms in total. The average molecular weight is 353 g/mol. The number of carboxylic acids is 1. The van der Waals surface area contributed by atoms with Gasteiger partial charge in [-0.25, -0.2) is 0 Å². The minimum Gasteiger partial charge on any atom is -0.481 e. The van der Waals surface area contributed by atoms with Crippen LogP contribution < -0.4 is 0 Å². The molecule has 0 heterocycles. The van der Waals surface area contributed by atoms with E-state index in [1.807, 2.05) is 0 Å². The summed E-state index contributed by atoms with van der Waals surface area (Å²) in [5, 5.41) is 17.2. The van der Waals surface area contributed by atoms with Crippen LogP contribution in [0.5, 0.6) is 0 Å². The Balaban J connectivity index is 3.17. The first-order valence-electron chi connectivity index (χ1n) is 10.4. The molecule has 0 rings (SSSR count). The summed E-state index contributed by atoms with van der Waals surface area (Å²) < 4.78 is 0. The molecular weight excluding hydrogens is 312 g/mol. The van der Waals surface area contributed by atoms with Gasteiger partial charge in [0.25, 0.3) is 0 Å². The normalized spacial score (nSPS) is 11.7. The Morgan fingerprint density at radius 1 is 0.600 bits per heavy atom. The Morgan fingerprint density at radius 2 is 1.04 bits per heavy atom. The van der Waals surface area contributed by atoms with Crippen LogP contribution >= 0.6 is 0 Å². The first kappa shape index (κ1) is 23.9. The Labute approximate surface area is 155 Å². The molecule has 2 N–H and O–H groups in total. The number of unbranched alkanes of at least 4 members (excludes halogenated alkanes) is 12. The van der Waals surface area contributed by atoms with Crippen LogP contribution in [0, 0.1) is 0 Å². The van der Waals surface area contributed by atoms with Gasteiger partial charge in [0.1, 0.15) is 0 Å². The smallest absolute Gasteiger partial charge is 0.303 e. The molecule has 0 bridgehead atoms. The van der Waals surface area contributed by atoms with Gasteiger partial charge in [-0.05, 0) is 44.9 Å². The van der Waals surface area contributed by atoms with E-state index in [4.69, 9.17) is 10.2 Å². The van der Waals surface area contributed by atoms with Crippen LogP contribution in [0.3, 0.4) is 0 Å². The molecule has 0 aromatic carbocycles. The van der Waals surface area contributed by atoms with Crippen LogP contribution in [-0.2, 0) is 4.79 Å². The van der Waals surface area contributed by atoms with Crippen LogP contribution in [0.15, 0.2) is 24.3 Å². The zero-order valence-corrected chi connectivity index (χ0v) is 16.1. The van der Waals surface area contributed by atoms with Crippen molar-refractivity contribution in [3.63, 3.8) is 0 Å². The van der Waals surface area contributed by atoms with Crippen molar-refractivity contribution in [1.82, 2.24) is 0 Å². The number of hydrogen-bond acceptors (Lipinski definition) is 2. The Hall–Kier alpha value is -1.09. The molecule has 146 valence electrons. The van der Waals surface area contributed by atoms with Crippen LogP contribution in [0.25, 0.3) is 0 Å². The van der Waals surface area contributed by atoms with E-state index in [2.05, 4.69) is 24.3 Å². The second-order valence-electron chi connectivity index (χ2n) is 6.87. The monoisotopic (exact) mass is 352 g/mol. The molecule has 0 aliphatic rings. The van der Waals surface area contributed by atoms with Crippen molar-refractivity contribution >= 4 is 5.97 Å².